The summed E-state index contributed by atoms with van der Waals surface area (Å²) in [6.07, 6.45) is 8.30. The highest BCUT2D eigenvalue weighted by atomic mass is 16.1. The summed E-state index contributed by atoms with van der Waals surface area (Å²) in [5.41, 5.74) is 0. The number of carbonyl (C=O) groups is 1. The molecule has 1 atom stereocenters. The Morgan fingerprint density at radius 3 is 3.22 bits per heavy atom. The third-order valence-corrected chi connectivity index (χ3v) is 1.24. The largest absolute Gasteiger partial charge is 0.301 e. The predicted octanol–water partition coefficient (Wildman–Crippen LogP) is 0.975. The Morgan fingerprint density at radius 2 is 2.44 bits per heavy atom. The number of carbonyl (C=O) groups excluding carboxylic acids is 1. The zero-order valence-corrected chi connectivity index (χ0v) is 5.16. The van der Waals surface area contributed by atoms with Gasteiger partial charge in [0.15, 0.2) is 0 Å². The van der Waals surface area contributed by atoms with Crippen LogP contribution in [0.4, 0.5) is 0 Å². The lowest BCUT2D eigenvalue weighted by Crippen LogP contribution is -2.02. The van der Waals surface area contributed by atoms with E-state index in [0.29, 0.717) is 0 Å². The van der Waals surface area contributed by atoms with Gasteiger partial charge in [0.1, 0.15) is 12.3 Å². The fourth-order valence-electron chi connectivity index (χ4n) is 0.741. The number of allylic oxidation sites excluding steroid dienone is 1. The molecular weight excluding hydrogens is 114 g/mol. The van der Waals surface area contributed by atoms with Crippen molar-refractivity contribution < 1.29 is 4.79 Å². The van der Waals surface area contributed by atoms with Crippen molar-refractivity contribution in [1.29, 1.82) is 0 Å². The fourth-order valence-corrected chi connectivity index (χ4v) is 0.741. The first-order valence-corrected chi connectivity index (χ1v) is 3.05. The summed E-state index contributed by atoms with van der Waals surface area (Å²) in [6.45, 7) is 0. The van der Waals surface area contributed by atoms with E-state index in [1.807, 2.05) is 12.2 Å². The molecule has 0 saturated heterocycles. The van der Waals surface area contributed by atoms with Crippen LogP contribution in [0.5, 0.6) is 0 Å². The Bertz CT molecular complexity index is 149. The number of rotatable bonds is 1. The fraction of sp³-hybridized carbons (Fsp3) is 0.429. The molecular formula is C7H9NO. The van der Waals surface area contributed by atoms with Gasteiger partial charge in [-0.25, -0.2) is 0 Å². The quantitative estimate of drug-likeness (QED) is 0.377. The van der Waals surface area contributed by atoms with Crippen LogP contribution in [0, 0.1) is 0 Å². The van der Waals surface area contributed by atoms with Crippen LogP contribution in [-0.2, 0) is 4.79 Å². The van der Waals surface area contributed by atoms with Crippen molar-refractivity contribution in [1.82, 2.24) is 0 Å². The molecule has 2 nitrogen and oxygen atoms in total. The van der Waals surface area contributed by atoms with Gasteiger partial charge in [-0.3, -0.25) is 4.99 Å². The number of hydrogen-bond acceptors (Lipinski definition) is 2. The Labute approximate surface area is 54.3 Å². The van der Waals surface area contributed by atoms with Crippen molar-refractivity contribution >= 4 is 12.5 Å². The molecule has 1 rings (SSSR count). The topological polar surface area (TPSA) is 29.4 Å². The van der Waals surface area contributed by atoms with Crippen molar-refractivity contribution in [3.05, 3.63) is 12.2 Å². The normalized spacial score (nSPS) is 25.6. The van der Waals surface area contributed by atoms with Crippen LogP contribution in [0.15, 0.2) is 17.1 Å². The molecule has 0 radical (unpaired) electrons. The number of nitrogens with zero attached hydrogens (tertiary/aromatic N) is 1. The zero-order valence-electron chi connectivity index (χ0n) is 5.16. The summed E-state index contributed by atoms with van der Waals surface area (Å²) in [7, 11) is 0. The van der Waals surface area contributed by atoms with E-state index >= 15 is 0 Å². The van der Waals surface area contributed by atoms with Crippen LogP contribution in [0.25, 0.3) is 0 Å². The molecule has 0 aromatic heterocycles. The minimum Gasteiger partial charge on any atom is -0.301 e. The smallest absolute Gasteiger partial charge is 0.144 e. The number of aldehydes is 1. The van der Waals surface area contributed by atoms with E-state index < -0.39 is 0 Å². The first kappa shape index (κ1) is 6.20. The van der Waals surface area contributed by atoms with E-state index in [-0.39, 0.29) is 6.04 Å². The maximum absolute atomic E-state index is 10.2. The molecule has 9 heavy (non-hydrogen) atoms. The van der Waals surface area contributed by atoms with Crippen molar-refractivity contribution in [2.24, 2.45) is 4.99 Å². The maximum Gasteiger partial charge on any atom is 0.144 e. The summed E-state index contributed by atoms with van der Waals surface area (Å²) in [6, 6.07) is -0.122. The van der Waals surface area contributed by atoms with Crippen LogP contribution in [0.2, 0.25) is 0 Å². The Morgan fingerprint density at radius 1 is 1.56 bits per heavy atom. The standard InChI is InChI=1S/C7H9NO/c9-6-7-4-2-1-3-5-8-7/h1-2,5-7H,3-4H2. The van der Waals surface area contributed by atoms with Crippen LogP contribution in [-0.4, -0.2) is 18.5 Å². The predicted molar refractivity (Wildman–Crippen MR) is 36.7 cm³/mol. The Balaban J connectivity index is 2.54. The van der Waals surface area contributed by atoms with Crippen molar-refractivity contribution in [2.45, 2.75) is 18.9 Å². The molecule has 1 heterocycles. The molecule has 0 N–H and O–H groups in total. The lowest BCUT2D eigenvalue weighted by molar-refractivity contribution is -0.108. The van der Waals surface area contributed by atoms with Crippen LogP contribution < -0.4 is 0 Å². The van der Waals surface area contributed by atoms with Crippen LogP contribution in [0.3, 0.4) is 0 Å². The van der Waals surface area contributed by atoms with E-state index in [0.717, 1.165) is 19.1 Å². The van der Waals surface area contributed by atoms with Gasteiger partial charge in [0.25, 0.3) is 0 Å². The minimum absolute atomic E-state index is 0.122. The summed E-state index contributed by atoms with van der Waals surface area (Å²) >= 11 is 0. The SMILES string of the molecule is O=CC1CC=CCC=N1. The van der Waals surface area contributed by atoms with Gasteiger partial charge >= 0.3 is 0 Å². The lowest BCUT2D eigenvalue weighted by Gasteiger charge is -1.94. The molecule has 0 fully saturated rings. The third kappa shape index (κ3) is 1.80. The van der Waals surface area contributed by atoms with Crippen molar-refractivity contribution in [3.63, 3.8) is 0 Å². The summed E-state index contributed by atoms with van der Waals surface area (Å²) in [5, 5.41) is 0. The van der Waals surface area contributed by atoms with E-state index in [2.05, 4.69) is 4.99 Å². The zero-order chi connectivity index (χ0) is 6.53. The minimum atomic E-state index is -0.122. The van der Waals surface area contributed by atoms with Gasteiger partial charge in [0.2, 0.25) is 0 Å². The first-order valence-electron chi connectivity index (χ1n) is 3.05. The lowest BCUT2D eigenvalue weighted by atomic mass is 10.2. The molecule has 0 aromatic carbocycles. The molecule has 0 amide bonds. The molecule has 1 aliphatic rings. The molecule has 0 bridgehead atoms. The maximum atomic E-state index is 10.2. The van der Waals surface area contributed by atoms with Crippen LogP contribution >= 0.6 is 0 Å². The molecule has 0 aliphatic carbocycles. The summed E-state index contributed by atoms with van der Waals surface area (Å²) < 4.78 is 0. The first-order chi connectivity index (χ1) is 4.43. The van der Waals surface area contributed by atoms with E-state index in [9.17, 15) is 4.79 Å². The van der Waals surface area contributed by atoms with Gasteiger partial charge in [-0.2, -0.15) is 0 Å². The molecule has 0 saturated carbocycles. The van der Waals surface area contributed by atoms with Crippen molar-refractivity contribution in [2.75, 3.05) is 0 Å². The van der Waals surface area contributed by atoms with Gasteiger partial charge in [-0.15, -0.1) is 0 Å². The second kappa shape index (κ2) is 3.17. The third-order valence-electron chi connectivity index (χ3n) is 1.24. The van der Waals surface area contributed by atoms with Crippen molar-refractivity contribution in [3.8, 4) is 0 Å². The van der Waals surface area contributed by atoms with E-state index in [1.165, 1.54) is 0 Å². The molecule has 1 unspecified atom stereocenters. The van der Waals surface area contributed by atoms with Gasteiger partial charge < -0.3 is 4.79 Å². The average Bonchev–Trinajstić information content (AvgIpc) is 2.13. The van der Waals surface area contributed by atoms with E-state index in [4.69, 9.17) is 0 Å². The van der Waals surface area contributed by atoms with E-state index in [1.54, 1.807) is 6.21 Å². The molecule has 48 valence electrons. The molecule has 2 heteroatoms. The monoisotopic (exact) mass is 123 g/mol. The Hall–Kier alpha value is -0.920. The Kier molecular flexibility index (Phi) is 2.19. The summed E-state index contributed by atoms with van der Waals surface area (Å²) in [4.78, 5) is 14.2. The number of aliphatic imine (C=N–C) groups is 1. The highest BCUT2D eigenvalue weighted by Gasteiger charge is 2.00. The van der Waals surface area contributed by atoms with Gasteiger partial charge in [-0.1, -0.05) is 12.2 Å². The van der Waals surface area contributed by atoms with Gasteiger partial charge in [-0.05, 0) is 6.42 Å². The highest BCUT2D eigenvalue weighted by Crippen LogP contribution is 2.00. The van der Waals surface area contributed by atoms with Gasteiger partial charge in [0.05, 0.1) is 0 Å². The van der Waals surface area contributed by atoms with Crippen LogP contribution in [0.1, 0.15) is 12.8 Å². The second-order valence-electron chi connectivity index (χ2n) is 1.98. The average molecular weight is 123 g/mol. The second-order valence-corrected chi connectivity index (χ2v) is 1.98. The molecule has 0 spiro atoms. The molecule has 1 aliphatic heterocycles. The van der Waals surface area contributed by atoms with Gasteiger partial charge in [0, 0.05) is 12.6 Å². The summed E-state index contributed by atoms with van der Waals surface area (Å²) in [5.74, 6) is 0. The highest BCUT2D eigenvalue weighted by molar-refractivity contribution is 5.67. The number of hydrogen-bond donors (Lipinski definition) is 0. The molecule has 0 aromatic rings.